The minimum absolute atomic E-state index is 0. The van der Waals surface area contributed by atoms with E-state index in [4.69, 9.17) is 5.73 Å². The van der Waals surface area contributed by atoms with Crippen molar-refractivity contribution in [2.45, 2.75) is 19.9 Å². The summed E-state index contributed by atoms with van der Waals surface area (Å²) in [6.07, 6.45) is 3.93. The lowest BCUT2D eigenvalue weighted by atomic mass is 10.2. The van der Waals surface area contributed by atoms with Gasteiger partial charge in [-0.05, 0) is 12.5 Å². The fourth-order valence-corrected chi connectivity index (χ4v) is 2.20. The van der Waals surface area contributed by atoms with Crippen LogP contribution in [0.15, 0.2) is 23.8 Å². The van der Waals surface area contributed by atoms with Gasteiger partial charge in [0, 0.05) is 23.5 Å². The van der Waals surface area contributed by atoms with Crippen molar-refractivity contribution in [3.8, 4) is 0 Å². The van der Waals surface area contributed by atoms with E-state index in [2.05, 4.69) is 22.2 Å². The van der Waals surface area contributed by atoms with E-state index >= 15 is 0 Å². The molecule has 2 heterocycles. The molecule has 20 heavy (non-hydrogen) atoms. The first-order valence-corrected chi connectivity index (χ1v) is 6.49. The number of nitrogens with two attached hydrogens (primary N) is 1. The first kappa shape index (κ1) is 18.6. The molecule has 3 N–H and O–H groups in total. The van der Waals surface area contributed by atoms with Crippen molar-refractivity contribution in [1.82, 2.24) is 15.3 Å². The van der Waals surface area contributed by atoms with E-state index in [0.717, 1.165) is 17.1 Å². The quantitative estimate of drug-likeness (QED) is 0.899. The molecule has 0 bridgehead atoms. The molecule has 0 saturated carbocycles. The second-order valence-electron chi connectivity index (χ2n) is 3.73. The Morgan fingerprint density at radius 1 is 1.45 bits per heavy atom. The van der Waals surface area contributed by atoms with Gasteiger partial charge < -0.3 is 11.1 Å². The number of halogens is 2. The Bertz CT molecular complexity index is 562. The third kappa shape index (κ3) is 4.63. The summed E-state index contributed by atoms with van der Waals surface area (Å²) in [5, 5.41) is 5.80. The molecule has 1 amide bonds. The standard InChI is InChI=1S/C12H14N4OS.2ClH/c1-2-11-16-8(7-18-11)5-15-12(17)9-6-14-4-3-10(9)13;;/h3-4,6-7H,2,5H2,1H3,(H2,13,14)(H,15,17);2*1H. The molecule has 0 aromatic carbocycles. The lowest BCUT2D eigenvalue weighted by Crippen LogP contribution is -2.24. The van der Waals surface area contributed by atoms with Crippen molar-refractivity contribution in [3.63, 3.8) is 0 Å². The van der Waals surface area contributed by atoms with Gasteiger partial charge in [-0.25, -0.2) is 4.98 Å². The van der Waals surface area contributed by atoms with Crippen LogP contribution in [0.4, 0.5) is 5.69 Å². The molecule has 2 aromatic rings. The van der Waals surface area contributed by atoms with Gasteiger partial charge in [-0.1, -0.05) is 6.92 Å². The van der Waals surface area contributed by atoms with Crippen molar-refractivity contribution in [2.24, 2.45) is 0 Å². The van der Waals surface area contributed by atoms with Crippen molar-refractivity contribution >= 4 is 47.7 Å². The SMILES string of the molecule is CCc1nc(CNC(=O)c2cnccc2N)cs1.Cl.Cl. The lowest BCUT2D eigenvalue weighted by Gasteiger charge is -2.05. The predicted molar refractivity (Wildman–Crippen MR) is 85.8 cm³/mol. The first-order valence-electron chi connectivity index (χ1n) is 5.61. The minimum Gasteiger partial charge on any atom is -0.398 e. The van der Waals surface area contributed by atoms with Crippen LogP contribution in [0.2, 0.25) is 0 Å². The van der Waals surface area contributed by atoms with Gasteiger partial charge in [0.15, 0.2) is 0 Å². The summed E-state index contributed by atoms with van der Waals surface area (Å²) >= 11 is 1.60. The Morgan fingerprint density at radius 2 is 2.20 bits per heavy atom. The van der Waals surface area contributed by atoms with Crippen LogP contribution in [0.1, 0.15) is 28.0 Å². The van der Waals surface area contributed by atoms with E-state index in [1.165, 1.54) is 6.20 Å². The summed E-state index contributed by atoms with van der Waals surface area (Å²) in [6, 6.07) is 1.60. The number of pyridine rings is 1. The molecule has 2 aromatic heterocycles. The maximum absolute atomic E-state index is 11.9. The third-order valence-corrected chi connectivity index (χ3v) is 3.47. The Balaban J connectivity index is 0.00000180. The molecule has 0 saturated heterocycles. The smallest absolute Gasteiger partial charge is 0.255 e. The van der Waals surface area contributed by atoms with Gasteiger partial charge in [-0.2, -0.15) is 0 Å². The second-order valence-corrected chi connectivity index (χ2v) is 4.67. The molecule has 0 aliphatic rings. The van der Waals surface area contributed by atoms with Crippen LogP contribution in [-0.4, -0.2) is 15.9 Å². The van der Waals surface area contributed by atoms with E-state index in [9.17, 15) is 4.79 Å². The Kier molecular flexibility index (Phi) is 8.13. The van der Waals surface area contributed by atoms with Gasteiger partial charge in [0.1, 0.15) is 0 Å². The van der Waals surface area contributed by atoms with Gasteiger partial charge in [0.05, 0.1) is 22.8 Å². The topological polar surface area (TPSA) is 80.9 Å². The lowest BCUT2D eigenvalue weighted by molar-refractivity contribution is 0.0951. The van der Waals surface area contributed by atoms with Gasteiger partial charge in [0.25, 0.3) is 5.91 Å². The minimum atomic E-state index is -0.230. The maximum Gasteiger partial charge on any atom is 0.255 e. The summed E-state index contributed by atoms with van der Waals surface area (Å²) in [7, 11) is 0. The number of hydrogen-bond acceptors (Lipinski definition) is 5. The Morgan fingerprint density at radius 3 is 2.80 bits per heavy atom. The number of rotatable bonds is 4. The van der Waals surface area contributed by atoms with E-state index in [-0.39, 0.29) is 30.7 Å². The summed E-state index contributed by atoms with van der Waals surface area (Å²) in [4.78, 5) is 20.1. The number of thiazole rings is 1. The van der Waals surface area contributed by atoms with E-state index < -0.39 is 0 Å². The normalized spacial score (nSPS) is 9.25. The van der Waals surface area contributed by atoms with E-state index in [1.807, 2.05) is 5.38 Å². The van der Waals surface area contributed by atoms with Crippen molar-refractivity contribution in [2.75, 3.05) is 5.73 Å². The largest absolute Gasteiger partial charge is 0.398 e. The van der Waals surface area contributed by atoms with Crippen LogP contribution in [0.3, 0.4) is 0 Å². The summed E-state index contributed by atoms with van der Waals surface area (Å²) in [5.74, 6) is -0.230. The molecule has 0 unspecified atom stereocenters. The fraction of sp³-hybridized carbons (Fsp3) is 0.250. The highest BCUT2D eigenvalue weighted by molar-refractivity contribution is 7.09. The molecule has 0 fully saturated rings. The number of carbonyl (C=O) groups is 1. The van der Waals surface area contributed by atoms with Gasteiger partial charge in [-0.15, -0.1) is 36.2 Å². The molecule has 5 nitrogen and oxygen atoms in total. The molecule has 8 heteroatoms. The average molecular weight is 335 g/mol. The number of carbonyl (C=O) groups excluding carboxylic acids is 1. The number of aromatic nitrogens is 2. The summed E-state index contributed by atoms with van der Waals surface area (Å²) in [6.45, 7) is 2.46. The fourth-order valence-electron chi connectivity index (χ4n) is 1.45. The summed E-state index contributed by atoms with van der Waals surface area (Å²) < 4.78 is 0. The average Bonchev–Trinajstić information content (AvgIpc) is 2.84. The van der Waals surface area contributed by atoms with Crippen LogP contribution in [0.5, 0.6) is 0 Å². The number of nitrogens with zero attached hydrogens (tertiary/aromatic N) is 2. The predicted octanol–water partition coefficient (Wildman–Crippen LogP) is 2.46. The zero-order valence-corrected chi connectivity index (χ0v) is 13.3. The highest BCUT2D eigenvalue weighted by atomic mass is 35.5. The molecule has 0 atom stereocenters. The number of anilines is 1. The van der Waals surface area contributed by atoms with Crippen LogP contribution in [0.25, 0.3) is 0 Å². The molecule has 0 aliphatic heterocycles. The monoisotopic (exact) mass is 334 g/mol. The van der Waals surface area contributed by atoms with Crippen molar-refractivity contribution in [3.05, 3.63) is 40.1 Å². The number of amides is 1. The Hall–Kier alpha value is -1.37. The van der Waals surface area contributed by atoms with Gasteiger partial charge in [-0.3, -0.25) is 9.78 Å². The van der Waals surface area contributed by atoms with Gasteiger partial charge in [0.2, 0.25) is 0 Å². The zero-order chi connectivity index (χ0) is 13.0. The highest BCUT2D eigenvalue weighted by Crippen LogP contribution is 2.11. The molecule has 0 spiro atoms. The van der Waals surface area contributed by atoms with Gasteiger partial charge >= 0.3 is 0 Å². The number of hydrogen-bond donors (Lipinski definition) is 2. The number of aryl methyl sites for hydroxylation is 1. The van der Waals surface area contributed by atoms with Crippen molar-refractivity contribution in [1.29, 1.82) is 0 Å². The molecular weight excluding hydrogens is 319 g/mol. The maximum atomic E-state index is 11.9. The van der Waals surface area contributed by atoms with Crippen LogP contribution >= 0.6 is 36.2 Å². The first-order chi connectivity index (χ1) is 8.70. The van der Waals surface area contributed by atoms with Crippen LogP contribution < -0.4 is 11.1 Å². The molecule has 0 radical (unpaired) electrons. The van der Waals surface area contributed by atoms with Crippen LogP contribution in [0, 0.1) is 0 Å². The number of nitrogens with one attached hydrogen (secondary N) is 1. The molecular formula is C12H16Cl2N4OS. The van der Waals surface area contributed by atoms with Crippen LogP contribution in [-0.2, 0) is 13.0 Å². The highest BCUT2D eigenvalue weighted by Gasteiger charge is 2.09. The van der Waals surface area contributed by atoms with Crippen molar-refractivity contribution < 1.29 is 4.79 Å². The molecule has 2 rings (SSSR count). The second kappa shape index (κ2) is 8.73. The zero-order valence-electron chi connectivity index (χ0n) is 10.8. The van der Waals surface area contributed by atoms with E-state index in [1.54, 1.807) is 23.6 Å². The Labute approximate surface area is 133 Å². The molecule has 0 aliphatic carbocycles. The number of nitrogen functional groups attached to an aromatic ring is 1. The molecule has 110 valence electrons. The van der Waals surface area contributed by atoms with E-state index in [0.29, 0.717) is 17.8 Å². The third-order valence-electron chi connectivity index (χ3n) is 2.43. The summed E-state index contributed by atoms with van der Waals surface area (Å²) in [5.41, 5.74) is 7.39.